The number of rotatable bonds is 6. The van der Waals surface area contributed by atoms with E-state index in [1.165, 1.54) is 0 Å². The van der Waals surface area contributed by atoms with Gasteiger partial charge in [0.2, 0.25) is 10.0 Å². The maximum Gasteiger partial charge on any atom is 0.407 e. The summed E-state index contributed by atoms with van der Waals surface area (Å²) in [7, 11) is -4.08. The van der Waals surface area contributed by atoms with Gasteiger partial charge in [-0.1, -0.05) is 0 Å². The summed E-state index contributed by atoms with van der Waals surface area (Å²) in [4.78, 5) is 10.9. The third-order valence-electron chi connectivity index (χ3n) is 3.65. The van der Waals surface area contributed by atoms with Crippen LogP contribution >= 0.6 is 0 Å². The van der Waals surface area contributed by atoms with Crippen molar-refractivity contribution in [3.63, 3.8) is 0 Å². The molecule has 0 saturated carbocycles. The number of aryl methyl sites for hydroxylation is 1. The maximum atomic E-state index is 14.6. The van der Waals surface area contributed by atoms with Crippen LogP contribution in [0.1, 0.15) is 10.5 Å². The Bertz CT molecular complexity index is 1040. The minimum atomic E-state index is -5.15. The second-order valence-electron chi connectivity index (χ2n) is 5.75. The van der Waals surface area contributed by atoms with Crippen LogP contribution in [0.3, 0.4) is 0 Å². The lowest BCUT2D eigenvalue weighted by Gasteiger charge is -2.18. The molecule has 0 aliphatic heterocycles. The van der Waals surface area contributed by atoms with Crippen molar-refractivity contribution in [1.29, 1.82) is 0 Å². The number of nitrogens with one attached hydrogen (secondary N) is 2. The van der Waals surface area contributed by atoms with Crippen molar-refractivity contribution in [3.05, 3.63) is 47.5 Å². The molecule has 1 heterocycles. The third-order valence-corrected chi connectivity index (χ3v) is 5.10. The van der Waals surface area contributed by atoms with Gasteiger partial charge in [0.25, 0.3) is 5.91 Å². The first kappa shape index (κ1) is 22.7. The Morgan fingerprint density at radius 1 is 1.21 bits per heavy atom. The Morgan fingerprint density at radius 3 is 2.34 bits per heavy atom. The highest BCUT2D eigenvalue weighted by molar-refractivity contribution is 7.89. The zero-order valence-electron chi connectivity index (χ0n) is 14.4. The second-order valence-corrected chi connectivity index (χ2v) is 7.43. The third kappa shape index (κ3) is 4.89. The van der Waals surface area contributed by atoms with Crippen molar-refractivity contribution in [2.24, 2.45) is 7.05 Å². The van der Waals surface area contributed by atoms with Gasteiger partial charge in [0, 0.05) is 25.0 Å². The fourth-order valence-electron chi connectivity index (χ4n) is 2.24. The van der Waals surface area contributed by atoms with Gasteiger partial charge < -0.3 is 15.0 Å². The van der Waals surface area contributed by atoms with Crippen LogP contribution in [0.4, 0.5) is 32.0 Å². The standard InChI is InChI=1S/C15H13F6N3O4S/c1-24-5-10(29(27,28)23-11(6-25)15(19,20)21)12(18)13(24)14(26)22-7-2-3-8(16)9(17)4-7/h2-5,11,23,25H,6H2,1H3,(H,22,26). The SMILES string of the molecule is Cn1cc(S(=O)(=O)NC(CO)C(F)(F)F)c(F)c1C(=O)Nc1ccc(F)c(F)c1. The Morgan fingerprint density at radius 2 is 1.83 bits per heavy atom. The first-order chi connectivity index (χ1) is 13.3. The molecule has 160 valence electrons. The largest absolute Gasteiger partial charge is 0.407 e. The number of aromatic nitrogens is 1. The average Bonchev–Trinajstić information content (AvgIpc) is 2.90. The highest BCUT2D eigenvalue weighted by atomic mass is 32.2. The summed E-state index contributed by atoms with van der Waals surface area (Å²) in [5.74, 6) is -5.48. The number of nitrogens with zero attached hydrogens (tertiary/aromatic N) is 1. The average molecular weight is 445 g/mol. The quantitative estimate of drug-likeness (QED) is 0.592. The van der Waals surface area contributed by atoms with Crippen molar-refractivity contribution < 1.29 is 44.7 Å². The number of carbonyl (C=O) groups excluding carboxylic acids is 1. The highest BCUT2D eigenvalue weighted by Gasteiger charge is 2.43. The number of benzene rings is 1. The summed E-state index contributed by atoms with van der Waals surface area (Å²) in [6.45, 7) is -1.64. The molecular weight excluding hydrogens is 432 g/mol. The molecule has 0 spiro atoms. The Kier molecular flexibility index (Phi) is 6.30. The number of sulfonamides is 1. The minimum Gasteiger partial charge on any atom is -0.394 e. The van der Waals surface area contributed by atoms with E-state index in [1.807, 2.05) is 5.32 Å². The van der Waals surface area contributed by atoms with E-state index in [0.717, 1.165) is 17.8 Å². The zero-order valence-corrected chi connectivity index (χ0v) is 15.2. The van der Waals surface area contributed by atoms with Gasteiger partial charge in [-0.05, 0) is 12.1 Å². The molecule has 1 unspecified atom stereocenters. The van der Waals surface area contributed by atoms with Gasteiger partial charge in [-0.2, -0.15) is 17.9 Å². The van der Waals surface area contributed by atoms with Gasteiger partial charge in [-0.3, -0.25) is 4.79 Å². The molecule has 0 aliphatic carbocycles. The molecule has 0 saturated heterocycles. The highest BCUT2D eigenvalue weighted by Crippen LogP contribution is 2.25. The van der Waals surface area contributed by atoms with Crippen LogP contribution in [0.15, 0.2) is 29.3 Å². The molecule has 2 rings (SSSR count). The molecule has 7 nitrogen and oxygen atoms in total. The van der Waals surface area contributed by atoms with Crippen LogP contribution in [0.5, 0.6) is 0 Å². The molecule has 1 amide bonds. The number of amides is 1. The predicted octanol–water partition coefficient (Wildman–Crippen LogP) is 1.90. The molecule has 0 fully saturated rings. The monoisotopic (exact) mass is 445 g/mol. The topological polar surface area (TPSA) is 100 Å². The second kappa shape index (κ2) is 8.04. The number of aliphatic hydroxyl groups excluding tert-OH is 1. The van der Waals surface area contributed by atoms with E-state index in [9.17, 15) is 39.6 Å². The lowest BCUT2D eigenvalue weighted by Crippen LogP contribution is -2.47. The number of hydrogen-bond donors (Lipinski definition) is 3. The molecule has 2 aromatic rings. The van der Waals surface area contributed by atoms with Gasteiger partial charge in [0.15, 0.2) is 17.5 Å². The molecule has 1 aromatic heterocycles. The number of anilines is 1. The molecular formula is C15H13F6N3O4S. The Balaban J connectivity index is 2.36. The molecule has 1 atom stereocenters. The summed E-state index contributed by atoms with van der Waals surface area (Å²) >= 11 is 0. The zero-order chi connectivity index (χ0) is 22.1. The van der Waals surface area contributed by atoms with Crippen LogP contribution in [0.25, 0.3) is 0 Å². The fourth-order valence-corrected chi connectivity index (χ4v) is 3.58. The summed E-state index contributed by atoms with van der Waals surface area (Å²) in [5.41, 5.74) is -1.18. The number of aliphatic hydroxyl groups is 1. The van der Waals surface area contributed by atoms with E-state index in [4.69, 9.17) is 5.11 Å². The van der Waals surface area contributed by atoms with Crippen molar-refractivity contribution in [3.8, 4) is 0 Å². The van der Waals surface area contributed by atoms with Crippen molar-refractivity contribution >= 4 is 21.6 Å². The van der Waals surface area contributed by atoms with E-state index in [-0.39, 0.29) is 5.69 Å². The number of hydrogen-bond acceptors (Lipinski definition) is 4. The first-order valence-corrected chi connectivity index (χ1v) is 9.07. The van der Waals surface area contributed by atoms with Crippen LogP contribution in [-0.4, -0.2) is 42.8 Å². The molecule has 29 heavy (non-hydrogen) atoms. The maximum absolute atomic E-state index is 14.6. The smallest absolute Gasteiger partial charge is 0.394 e. The molecule has 14 heteroatoms. The van der Waals surface area contributed by atoms with Gasteiger partial charge in [0.1, 0.15) is 16.6 Å². The van der Waals surface area contributed by atoms with Crippen molar-refractivity contribution in [2.75, 3.05) is 11.9 Å². The molecule has 0 aliphatic rings. The van der Waals surface area contributed by atoms with Gasteiger partial charge in [-0.15, -0.1) is 0 Å². The van der Waals surface area contributed by atoms with Crippen LogP contribution in [-0.2, 0) is 17.1 Å². The normalized spacial score (nSPS) is 13.4. The first-order valence-electron chi connectivity index (χ1n) is 7.59. The van der Waals surface area contributed by atoms with Crippen molar-refractivity contribution in [2.45, 2.75) is 17.1 Å². The molecule has 0 bridgehead atoms. The van der Waals surface area contributed by atoms with Gasteiger partial charge >= 0.3 is 6.18 Å². The van der Waals surface area contributed by atoms with Crippen LogP contribution in [0, 0.1) is 17.5 Å². The lowest BCUT2D eigenvalue weighted by atomic mass is 10.3. The fraction of sp³-hybridized carbons (Fsp3) is 0.267. The van der Waals surface area contributed by atoms with Crippen LogP contribution in [0.2, 0.25) is 0 Å². The summed E-state index contributed by atoms with van der Waals surface area (Å²) in [5, 5.41) is 10.7. The van der Waals surface area contributed by atoms with E-state index in [1.54, 1.807) is 0 Å². The van der Waals surface area contributed by atoms with Crippen molar-refractivity contribution in [1.82, 2.24) is 9.29 Å². The molecule has 1 aromatic carbocycles. The van der Waals surface area contributed by atoms with Crippen LogP contribution < -0.4 is 10.0 Å². The van der Waals surface area contributed by atoms with E-state index >= 15 is 0 Å². The predicted molar refractivity (Wildman–Crippen MR) is 86.9 cm³/mol. The van der Waals surface area contributed by atoms with E-state index in [0.29, 0.717) is 22.9 Å². The summed E-state index contributed by atoms with van der Waals surface area (Å²) in [6.07, 6.45) is -4.61. The Labute approximate surface area is 160 Å². The molecule has 0 radical (unpaired) electrons. The van der Waals surface area contributed by atoms with E-state index in [2.05, 4.69) is 0 Å². The van der Waals surface area contributed by atoms with Gasteiger partial charge in [0.05, 0.1) is 6.61 Å². The number of halogens is 6. The van der Waals surface area contributed by atoms with Gasteiger partial charge in [-0.25, -0.2) is 21.6 Å². The number of alkyl halides is 3. The van der Waals surface area contributed by atoms with E-state index < -0.39 is 62.8 Å². The lowest BCUT2D eigenvalue weighted by molar-refractivity contribution is -0.158. The minimum absolute atomic E-state index is 0.283. The Hall–Kier alpha value is -2.58. The summed E-state index contributed by atoms with van der Waals surface area (Å²) < 4.78 is 105. The number of carbonyl (C=O) groups is 1. The molecule has 3 N–H and O–H groups in total. The summed E-state index contributed by atoms with van der Waals surface area (Å²) in [6, 6.07) is -0.682.